The first-order valence-electron chi connectivity index (χ1n) is 11.6. The van der Waals surface area contributed by atoms with Crippen LogP contribution in [0.1, 0.15) is 52.9 Å². The summed E-state index contributed by atoms with van der Waals surface area (Å²) in [6, 6.07) is 0. The van der Waals surface area contributed by atoms with Crippen molar-refractivity contribution in [1.82, 2.24) is 0 Å². The molecule has 5 rings (SSSR count). The van der Waals surface area contributed by atoms with Crippen molar-refractivity contribution in [1.29, 1.82) is 0 Å². The molecule has 7 nitrogen and oxygen atoms in total. The van der Waals surface area contributed by atoms with E-state index in [9.17, 15) is 29.4 Å². The van der Waals surface area contributed by atoms with Gasteiger partial charge in [0.25, 0.3) is 0 Å². The maximum absolute atomic E-state index is 15.6. The zero-order chi connectivity index (χ0) is 24.1. The normalized spacial score (nSPS) is 49.6. The van der Waals surface area contributed by atoms with E-state index in [-0.39, 0.29) is 43.1 Å². The third-order valence-corrected chi connectivity index (χ3v) is 10.1. The molecule has 0 unspecified atom stereocenters. The van der Waals surface area contributed by atoms with Crippen molar-refractivity contribution >= 4 is 23.8 Å². The fraction of sp³-hybridized carbons (Fsp3) is 0.680. The summed E-state index contributed by atoms with van der Waals surface area (Å²) in [7, 11) is 0. The maximum Gasteiger partial charge on any atom is 0.303 e. The van der Waals surface area contributed by atoms with Gasteiger partial charge in [-0.1, -0.05) is 13.8 Å². The molecule has 3 saturated carbocycles. The van der Waals surface area contributed by atoms with Crippen LogP contribution >= 0.6 is 0 Å². The van der Waals surface area contributed by atoms with Crippen molar-refractivity contribution in [3.05, 3.63) is 23.5 Å². The van der Waals surface area contributed by atoms with Crippen molar-refractivity contribution in [2.75, 3.05) is 0 Å². The molecule has 33 heavy (non-hydrogen) atoms. The first-order valence-corrected chi connectivity index (χ1v) is 11.6. The average Bonchev–Trinajstić information content (AvgIpc) is 3.41. The number of alkyl halides is 1. The highest BCUT2D eigenvalue weighted by Crippen LogP contribution is 2.78. The number of aliphatic carboxylic acids is 1. The van der Waals surface area contributed by atoms with E-state index in [1.54, 1.807) is 6.92 Å². The Labute approximate surface area is 191 Å². The highest BCUT2D eigenvalue weighted by molar-refractivity contribution is 6.28. The van der Waals surface area contributed by atoms with E-state index in [0.717, 1.165) is 0 Å². The van der Waals surface area contributed by atoms with Gasteiger partial charge in [0.15, 0.2) is 12.0 Å². The molecule has 4 aliphatic carbocycles. The van der Waals surface area contributed by atoms with Crippen LogP contribution in [0.2, 0.25) is 0 Å². The molecular formula is C25H29FO7. The SMILES string of the molecule is C[C@H]1C[C@H]2[C@@H]3C[C@H](F)C4=CC(=O)C(O)=C[C@]4(C)[C@@]34O[C@H]4C[C@]2(C)[C@@]1(CCC(=O)O)C(=O)C=O. The fourth-order valence-corrected chi connectivity index (χ4v) is 8.75. The van der Waals surface area contributed by atoms with Crippen LogP contribution in [-0.2, 0) is 23.9 Å². The number of hydrogen-bond acceptors (Lipinski definition) is 6. The molecule has 1 spiro atoms. The summed E-state index contributed by atoms with van der Waals surface area (Å²) in [6.45, 7) is 5.63. The third kappa shape index (κ3) is 2.43. The third-order valence-electron chi connectivity index (χ3n) is 10.1. The minimum absolute atomic E-state index is 0.0528. The van der Waals surface area contributed by atoms with Gasteiger partial charge in [-0.2, -0.15) is 0 Å². The van der Waals surface area contributed by atoms with Crippen molar-refractivity contribution in [2.45, 2.75) is 70.8 Å². The molecule has 0 aromatic heterocycles. The lowest BCUT2D eigenvalue weighted by atomic mass is 9.44. The predicted molar refractivity (Wildman–Crippen MR) is 113 cm³/mol. The Balaban J connectivity index is 1.63. The Morgan fingerprint density at radius 1 is 1.27 bits per heavy atom. The summed E-state index contributed by atoms with van der Waals surface area (Å²) < 4.78 is 21.9. The molecule has 1 aliphatic heterocycles. The second-order valence-electron chi connectivity index (χ2n) is 11.1. The van der Waals surface area contributed by atoms with Crippen LogP contribution in [0.4, 0.5) is 4.39 Å². The van der Waals surface area contributed by atoms with Crippen LogP contribution in [0.5, 0.6) is 0 Å². The lowest BCUT2D eigenvalue weighted by molar-refractivity contribution is -0.151. The lowest BCUT2D eigenvalue weighted by Crippen LogP contribution is -2.61. The average molecular weight is 460 g/mol. The number of Topliss-reactive ketones (excluding diaryl/α,β-unsaturated/α-hetero) is 1. The van der Waals surface area contributed by atoms with Gasteiger partial charge < -0.3 is 14.9 Å². The molecule has 9 atom stereocenters. The second-order valence-corrected chi connectivity index (χ2v) is 11.1. The number of carboxylic acid groups (broad SMARTS) is 1. The molecule has 4 fully saturated rings. The van der Waals surface area contributed by atoms with E-state index in [0.29, 0.717) is 24.7 Å². The monoisotopic (exact) mass is 460 g/mol. The largest absolute Gasteiger partial charge is 0.504 e. The molecule has 0 bridgehead atoms. The molecule has 0 aromatic carbocycles. The van der Waals surface area contributed by atoms with Gasteiger partial charge in [-0.05, 0) is 73.5 Å². The fourth-order valence-electron chi connectivity index (χ4n) is 8.75. The number of hydrogen-bond donors (Lipinski definition) is 2. The van der Waals surface area contributed by atoms with Crippen LogP contribution in [0.25, 0.3) is 0 Å². The Morgan fingerprint density at radius 2 is 1.97 bits per heavy atom. The maximum atomic E-state index is 15.6. The standard InChI is InChI=1S/C25H29FO7/c1-12-6-13-14-7-16(26)15-8-17(28)18(29)9-23(15,3)25(14)20(33-25)10-22(13,2)24(12,19(30)11-27)5-4-21(31)32/h8-9,11-14,16,20,29H,4-7,10H2,1-3H3,(H,31,32)/t12-,13-,14-,16-,20-,22-,23-,24+,25+/m0/s1. The summed E-state index contributed by atoms with van der Waals surface area (Å²) in [6.07, 6.45) is 2.11. The number of aliphatic hydroxyl groups excluding tert-OH is 1. The van der Waals surface area contributed by atoms with Crippen LogP contribution in [0.3, 0.4) is 0 Å². The van der Waals surface area contributed by atoms with Gasteiger partial charge in [-0.25, -0.2) is 4.39 Å². The van der Waals surface area contributed by atoms with Gasteiger partial charge in [-0.3, -0.25) is 19.2 Å². The Kier molecular flexibility index (Phi) is 4.50. The number of halogens is 1. The molecule has 1 saturated heterocycles. The number of carbonyl (C=O) groups excluding carboxylic acids is 3. The molecule has 1 heterocycles. The number of carboxylic acids is 1. The molecule has 178 valence electrons. The number of epoxide rings is 1. The number of rotatable bonds is 5. The van der Waals surface area contributed by atoms with Crippen molar-refractivity contribution in [2.24, 2.45) is 34.0 Å². The van der Waals surface area contributed by atoms with Crippen LogP contribution in [0.15, 0.2) is 23.5 Å². The number of aliphatic hydroxyl groups is 1. The number of ether oxygens (including phenoxy) is 1. The first-order chi connectivity index (χ1) is 15.4. The molecule has 8 heteroatoms. The Hall–Kier alpha value is -2.35. The first kappa shape index (κ1) is 22.4. The number of allylic oxidation sites excluding steroid dienone is 1. The Morgan fingerprint density at radius 3 is 2.61 bits per heavy atom. The smallest absolute Gasteiger partial charge is 0.303 e. The van der Waals surface area contributed by atoms with Gasteiger partial charge >= 0.3 is 5.97 Å². The van der Waals surface area contributed by atoms with Crippen LogP contribution in [0, 0.1) is 34.0 Å². The minimum Gasteiger partial charge on any atom is -0.504 e. The van der Waals surface area contributed by atoms with Gasteiger partial charge in [0, 0.05) is 17.3 Å². The van der Waals surface area contributed by atoms with E-state index < -0.39 is 51.3 Å². The molecule has 0 amide bonds. The molecule has 2 N–H and O–H groups in total. The molecule has 0 radical (unpaired) electrons. The van der Waals surface area contributed by atoms with E-state index in [2.05, 4.69) is 0 Å². The molecular weight excluding hydrogens is 431 g/mol. The molecule has 0 aromatic rings. The van der Waals surface area contributed by atoms with E-state index in [1.807, 2.05) is 13.8 Å². The summed E-state index contributed by atoms with van der Waals surface area (Å²) in [5.41, 5.74) is -3.36. The van der Waals surface area contributed by atoms with Crippen molar-refractivity contribution in [3.8, 4) is 0 Å². The zero-order valence-corrected chi connectivity index (χ0v) is 19.0. The van der Waals surface area contributed by atoms with Crippen LogP contribution in [-0.4, -0.2) is 51.9 Å². The highest BCUT2D eigenvalue weighted by Gasteiger charge is 2.82. The van der Waals surface area contributed by atoms with Gasteiger partial charge in [0.1, 0.15) is 11.8 Å². The second kappa shape index (κ2) is 6.62. The number of ketones is 2. The number of fused-ring (bicyclic) bond motifs is 3. The van der Waals surface area contributed by atoms with E-state index in [4.69, 9.17) is 4.74 Å². The van der Waals surface area contributed by atoms with Gasteiger partial charge in [0.2, 0.25) is 11.6 Å². The summed E-state index contributed by atoms with van der Waals surface area (Å²) in [4.78, 5) is 48.5. The topological polar surface area (TPSA) is 121 Å². The Bertz CT molecular complexity index is 1050. The van der Waals surface area contributed by atoms with E-state index in [1.165, 1.54) is 12.2 Å². The number of carbonyl (C=O) groups is 4. The van der Waals surface area contributed by atoms with Gasteiger partial charge in [-0.15, -0.1) is 0 Å². The van der Waals surface area contributed by atoms with Crippen molar-refractivity contribution < 1.29 is 38.5 Å². The van der Waals surface area contributed by atoms with Crippen LogP contribution < -0.4 is 0 Å². The highest BCUT2D eigenvalue weighted by atomic mass is 19.1. The predicted octanol–water partition coefficient (Wildman–Crippen LogP) is 3.12. The summed E-state index contributed by atoms with van der Waals surface area (Å²) in [5.74, 6) is -3.38. The zero-order valence-electron chi connectivity index (χ0n) is 19.0. The minimum atomic E-state index is -1.41. The van der Waals surface area contributed by atoms with Gasteiger partial charge in [0.05, 0.1) is 6.10 Å². The van der Waals surface area contributed by atoms with E-state index >= 15 is 4.39 Å². The summed E-state index contributed by atoms with van der Waals surface area (Å²) in [5, 5.41) is 19.6. The van der Waals surface area contributed by atoms with Crippen molar-refractivity contribution in [3.63, 3.8) is 0 Å². The number of aldehydes is 1. The quantitative estimate of drug-likeness (QED) is 0.367. The molecule has 5 aliphatic rings. The lowest BCUT2D eigenvalue weighted by Gasteiger charge is -2.57. The summed E-state index contributed by atoms with van der Waals surface area (Å²) >= 11 is 0.